The third-order valence-corrected chi connectivity index (χ3v) is 2.28. The number of benzene rings is 1. The van der Waals surface area contributed by atoms with Crippen LogP contribution in [0.25, 0.3) is 0 Å². The van der Waals surface area contributed by atoms with Gasteiger partial charge in [-0.25, -0.2) is 0 Å². The minimum Gasteiger partial charge on any atom is -0.491 e. The van der Waals surface area contributed by atoms with Gasteiger partial charge in [0.15, 0.2) is 0 Å². The lowest BCUT2D eigenvalue weighted by molar-refractivity contribution is 0.240. The quantitative estimate of drug-likeness (QED) is 0.708. The molecule has 0 spiro atoms. The highest BCUT2D eigenvalue weighted by atomic mass is 16.5. The lowest BCUT2D eigenvalue weighted by Crippen LogP contribution is -2.07. The first kappa shape index (κ1) is 11.1. The van der Waals surface area contributed by atoms with E-state index in [0.717, 1.165) is 18.6 Å². The van der Waals surface area contributed by atoms with Crippen molar-refractivity contribution in [3.05, 3.63) is 29.3 Å². The fourth-order valence-corrected chi connectivity index (χ4v) is 1.50. The van der Waals surface area contributed by atoms with E-state index >= 15 is 0 Å². The van der Waals surface area contributed by atoms with E-state index in [4.69, 9.17) is 4.74 Å². The molecule has 0 atom stereocenters. The first-order valence-corrected chi connectivity index (χ1v) is 5.45. The molecule has 1 aromatic carbocycles. The summed E-state index contributed by atoms with van der Waals surface area (Å²) in [6.45, 7) is 8.47. The molecule has 14 heavy (non-hydrogen) atoms. The summed E-state index contributed by atoms with van der Waals surface area (Å²) in [6, 6.07) is 6.49. The van der Waals surface area contributed by atoms with Crippen molar-refractivity contribution in [2.24, 2.45) is 0 Å². The molecule has 0 bridgehead atoms. The zero-order valence-electron chi connectivity index (χ0n) is 9.63. The molecule has 0 amide bonds. The Balaban J connectivity index is 2.93. The lowest BCUT2D eigenvalue weighted by atomic mass is 10.1. The molecule has 78 valence electrons. The fraction of sp³-hybridized carbons (Fsp3) is 0.538. The van der Waals surface area contributed by atoms with Crippen LogP contribution in [-0.2, 0) is 12.8 Å². The summed E-state index contributed by atoms with van der Waals surface area (Å²) in [4.78, 5) is 0. The molecule has 0 aromatic heterocycles. The second-order valence-corrected chi connectivity index (χ2v) is 3.82. The van der Waals surface area contributed by atoms with Gasteiger partial charge in [0.1, 0.15) is 5.75 Å². The fourth-order valence-electron chi connectivity index (χ4n) is 1.50. The molecule has 1 heteroatoms. The molecule has 0 fully saturated rings. The van der Waals surface area contributed by atoms with E-state index in [1.165, 1.54) is 11.1 Å². The number of hydrogen-bond donors (Lipinski definition) is 0. The summed E-state index contributed by atoms with van der Waals surface area (Å²) >= 11 is 0. The van der Waals surface area contributed by atoms with Crippen molar-refractivity contribution in [1.29, 1.82) is 0 Å². The van der Waals surface area contributed by atoms with Gasteiger partial charge < -0.3 is 4.74 Å². The van der Waals surface area contributed by atoms with Gasteiger partial charge in [0.25, 0.3) is 0 Å². The summed E-state index contributed by atoms with van der Waals surface area (Å²) in [5.41, 5.74) is 2.70. The van der Waals surface area contributed by atoms with Crippen molar-refractivity contribution in [2.75, 3.05) is 0 Å². The van der Waals surface area contributed by atoms with Gasteiger partial charge in [-0.2, -0.15) is 0 Å². The molecule has 0 aliphatic carbocycles. The maximum absolute atomic E-state index is 5.74. The maximum Gasteiger partial charge on any atom is 0.122 e. The summed E-state index contributed by atoms with van der Waals surface area (Å²) in [5, 5.41) is 0. The number of ether oxygens (including phenoxy) is 1. The molecular formula is C13H20O. The molecule has 0 unspecified atom stereocenters. The highest BCUT2D eigenvalue weighted by molar-refractivity contribution is 5.37. The van der Waals surface area contributed by atoms with Crippen LogP contribution in [0.1, 0.15) is 38.8 Å². The van der Waals surface area contributed by atoms with E-state index in [9.17, 15) is 0 Å². The third kappa shape index (κ3) is 2.76. The Morgan fingerprint density at radius 3 is 2.36 bits per heavy atom. The van der Waals surface area contributed by atoms with Crippen molar-refractivity contribution in [2.45, 2.75) is 46.6 Å². The van der Waals surface area contributed by atoms with E-state index in [2.05, 4.69) is 45.9 Å². The van der Waals surface area contributed by atoms with Crippen LogP contribution in [0.15, 0.2) is 18.2 Å². The van der Waals surface area contributed by atoms with Crippen LogP contribution in [0.3, 0.4) is 0 Å². The lowest BCUT2D eigenvalue weighted by Gasteiger charge is -2.14. The van der Waals surface area contributed by atoms with Gasteiger partial charge in [-0.1, -0.05) is 26.0 Å². The SMILES string of the molecule is CCc1ccc(OC(C)C)c(CC)c1. The molecule has 0 N–H and O–H groups in total. The highest BCUT2D eigenvalue weighted by Crippen LogP contribution is 2.22. The van der Waals surface area contributed by atoms with Crippen LogP contribution in [0.4, 0.5) is 0 Å². The normalized spacial score (nSPS) is 10.6. The van der Waals surface area contributed by atoms with Crippen LogP contribution in [0.5, 0.6) is 5.75 Å². The Morgan fingerprint density at radius 2 is 1.86 bits per heavy atom. The third-order valence-electron chi connectivity index (χ3n) is 2.28. The van der Waals surface area contributed by atoms with E-state index in [-0.39, 0.29) is 6.10 Å². The monoisotopic (exact) mass is 192 g/mol. The van der Waals surface area contributed by atoms with Crippen molar-refractivity contribution < 1.29 is 4.74 Å². The Labute approximate surface area is 87.1 Å². The summed E-state index contributed by atoms with van der Waals surface area (Å²) in [7, 11) is 0. The molecule has 0 heterocycles. The molecule has 1 aromatic rings. The van der Waals surface area contributed by atoms with Crippen LogP contribution in [0.2, 0.25) is 0 Å². The van der Waals surface area contributed by atoms with Gasteiger partial charge in [-0.05, 0) is 43.9 Å². The molecule has 0 saturated heterocycles. The van der Waals surface area contributed by atoms with Crippen LogP contribution in [-0.4, -0.2) is 6.10 Å². The van der Waals surface area contributed by atoms with E-state index in [0.29, 0.717) is 0 Å². The van der Waals surface area contributed by atoms with Gasteiger partial charge in [0.2, 0.25) is 0 Å². The number of rotatable bonds is 4. The largest absolute Gasteiger partial charge is 0.491 e. The van der Waals surface area contributed by atoms with Gasteiger partial charge in [-0.3, -0.25) is 0 Å². The standard InChI is InChI=1S/C13H20O/c1-5-11-7-8-13(14-10(3)4)12(6-2)9-11/h7-10H,5-6H2,1-4H3. The number of aryl methyl sites for hydroxylation is 2. The Kier molecular flexibility index (Phi) is 3.99. The van der Waals surface area contributed by atoms with E-state index in [1.807, 2.05) is 0 Å². The second kappa shape index (κ2) is 5.04. The predicted molar refractivity (Wildman–Crippen MR) is 61.0 cm³/mol. The molecular weight excluding hydrogens is 172 g/mol. The van der Waals surface area contributed by atoms with Crippen LogP contribution >= 0.6 is 0 Å². The molecule has 0 radical (unpaired) electrons. The molecule has 1 rings (SSSR count). The minimum absolute atomic E-state index is 0.257. The Morgan fingerprint density at radius 1 is 1.14 bits per heavy atom. The van der Waals surface area contributed by atoms with Crippen LogP contribution < -0.4 is 4.74 Å². The van der Waals surface area contributed by atoms with Crippen molar-refractivity contribution in [3.8, 4) is 5.75 Å². The van der Waals surface area contributed by atoms with Gasteiger partial charge in [-0.15, -0.1) is 0 Å². The van der Waals surface area contributed by atoms with Gasteiger partial charge in [0.05, 0.1) is 6.10 Å². The zero-order chi connectivity index (χ0) is 10.6. The van der Waals surface area contributed by atoms with Crippen molar-refractivity contribution >= 4 is 0 Å². The average molecular weight is 192 g/mol. The molecule has 0 aliphatic rings. The first-order valence-electron chi connectivity index (χ1n) is 5.45. The van der Waals surface area contributed by atoms with Crippen molar-refractivity contribution in [3.63, 3.8) is 0 Å². The molecule has 1 nitrogen and oxygen atoms in total. The zero-order valence-corrected chi connectivity index (χ0v) is 9.63. The van der Waals surface area contributed by atoms with Gasteiger partial charge in [0, 0.05) is 0 Å². The summed E-state index contributed by atoms with van der Waals surface area (Å²) in [5.74, 6) is 1.04. The van der Waals surface area contributed by atoms with Gasteiger partial charge >= 0.3 is 0 Å². The average Bonchev–Trinajstić information content (AvgIpc) is 2.17. The van der Waals surface area contributed by atoms with E-state index < -0.39 is 0 Å². The molecule has 0 saturated carbocycles. The minimum atomic E-state index is 0.257. The second-order valence-electron chi connectivity index (χ2n) is 3.82. The topological polar surface area (TPSA) is 9.23 Å². The number of hydrogen-bond acceptors (Lipinski definition) is 1. The van der Waals surface area contributed by atoms with Crippen molar-refractivity contribution in [1.82, 2.24) is 0 Å². The van der Waals surface area contributed by atoms with Crippen LogP contribution in [0, 0.1) is 0 Å². The maximum atomic E-state index is 5.74. The Hall–Kier alpha value is -0.980. The summed E-state index contributed by atoms with van der Waals surface area (Å²) in [6.07, 6.45) is 2.39. The first-order chi connectivity index (χ1) is 6.67. The highest BCUT2D eigenvalue weighted by Gasteiger charge is 2.04. The molecule has 0 aliphatic heterocycles. The predicted octanol–water partition coefficient (Wildman–Crippen LogP) is 3.60. The summed E-state index contributed by atoms with van der Waals surface area (Å²) < 4.78 is 5.74. The smallest absolute Gasteiger partial charge is 0.122 e. The Bertz CT molecular complexity index is 289. The van der Waals surface area contributed by atoms with E-state index in [1.54, 1.807) is 0 Å².